The monoisotopic (exact) mass is 172 g/mol. The first-order chi connectivity index (χ1) is 4.36. The predicted octanol–water partition coefficient (Wildman–Crippen LogP) is 3.25. The van der Waals surface area contributed by atoms with Gasteiger partial charge in [0.1, 0.15) is 0 Å². The summed E-state index contributed by atoms with van der Waals surface area (Å²) in [5.41, 5.74) is 0. The minimum atomic E-state index is 1.11. The lowest BCUT2D eigenvalue weighted by molar-refractivity contribution is 1.80. The average Bonchev–Trinajstić information content (AvgIpc) is 2.22. The fourth-order valence-corrected chi connectivity index (χ4v) is 3.20. The Morgan fingerprint density at radius 3 is 3.11 bits per heavy atom. The van der Waals surface area contributed by atoms with Gasteiger partial charge in [-0.15, -0.1) is 35.3 Å². The highest BCUT2D eigenvalue weighted by Gasteiger charge is 1.96. The molecule has 0 N–H and O–H groups in total. The van der Waals surface area contributed by atoms with E-state index in [2.05, 4.69) is 30.1 Å². The van der Waals surface area contributed by atoms with Crippen molar-refractivity contribution in [3.8, 4) is 0 Å². The van der Waals surface area contributed by atoms with Gasteiger partial charge in [0.25, 0.3) is 0 Å². The van der Waals surface area contributed by atoms with Crippen molar-refractivity contribution < 1.29 is 0 Å². The molecule has 0 aliphatic carbocycles. The summed E-state index contributed by atoms with van der Waals surface area (Å²) >= 11 is 7.75. The SMILES string of the molecule is Sc1cc2ccsc2s1. The summed E-state index contributed by atoms with van der Waals surface area (Å²) in [7, 11) is 0. The average molecular weight is 172 g/mol. The van der Waals surface area contributed by atoms with Crippen molar-refractivity contribution in [1.29, 1.82) is 0 Å². The summed E-state index contributed by atoms with van der Waals surface area (Å²) in [5.74, 6) is 0. The second-order valence-corrected chi connectivity index (χ2v) is 4.76. The van der Waals surface area contributed by atoms with Gasteiger partial charge in [-0.1, -0.05) is 0 Å². The molecule has 0 radical (unpaired) electrons. The Hall–Kier alpha value is 0.01000. The van der Waals surface area contributed by atoms with Crippen LogP contribution in [0.2, 0.25) is 0 Å². The van der Waals surface area contributed by atoms with Crippen LogP contribution in [0.4, 0.5) is 0 Å². The maximum Gasteiger partial charge on any atom is 0.0876 e. The van der Waals surface area contributed by atoms with Gasteiger partial charge in [-0.25, -0.2) is 0 Å². The van der Waals surface area contributed by atoms with Crippen LogP contribution >= 0.6 is 35.3 Å². The second kappa shape index (κ2) is 2.01. The molecule has 2 rings (SSSR count). The van der Waals surface area contributed by atoms with Crippen LogP contribution in [0.5, 0.6) is 0 Å². The summed E-state index contributed by atoms with van der Waals surface area (Å²) in [6.07, 6.45) is 0. The van der Waals surface area contributed by atoms with E-state index in [0.717, 1.165) is 4.21 Å². The minimum Gasteiger partial charge on any atom is -0.133 e. The van der Waals surface area contributed by atoms with Crippen molar-refractivity contribution in [1.82, 2.24) is 0 Å². The molecule has 0 saturated heterocycles. The molecule has 2 heterocycles. The molecule has 0 fully saturated rings. The van der Waals surface area contributed by atoms with Gasteiger partial charge < -0.3 is 0 Å². The van der Waals surface area contributed by atoms with Crippen molar-refractivity contribution in [3.63, 3.8) is 0 Å². The van der Waals surface area contributed by atoms with Crippen molar-refractivity contribution in [2.24, 2.45) is 0 Å². The fraction of sp³-hybridized carbons (Fsp3) is 0. The number of fused-ring (bicyclic) bond motifs is 1. The molecule has 0 aliphatic rings. The van der Waals surface area contributed by atoms with Crippen LogP contribution in [-0.4, -0.2) is 0 Å². The molecule has 3 heteroatoms. The topological polar surface area (TPSA) is 0 Å². The first-order valence-corrected chi connectivity index (χ1v) is 4.66. The van der Waals surface area contributed by atoms with Crippen LogP contribution in [0.25, 0.3) is 9.40 Å². The zero-order valence-electron chi connectivity index (χ0n) is 4.50. The number of thiol groups is 1. The highest BCUT2D eigenvalue weighted by atomic mass is 32.2. The van der Waals surface area contributed by atoms with Gasteiger partial charge >= 0.3 is 0 Å². The van der Waals surface area contributed by atoms with E-state index in [4.69, 9.17) is 0 Å². The zero-order chi connectivity index (χ0) is 6.27. The van der Waals surface area contributed by atoms with Crippen LogP contribution in [0.15, 0.2) is 21.7 Å². The molecule has 0 saturated carbocycles. The molecule has 0 bridgehead atoms. The van der Waals surface area contributed by atoms with E-state index in [1.165, 1.54) is 9.40 Å². The van der Waals surface area contributed by atoms with E-state index >= 15 is 0 Å². The first kappa shape index (κ1) is 5.77. The molecule has 0 atom stereocenters. The Morgan fingerprint density at radius 1 is 1.44 bits per heavy atom. The van der Waals surface area contributed by atoms with Crippen LogP contribution in [0.1, 0.15) is 0 Å². The van der Waals surface area contributed by atoms with E-state index < -0.39 is 0 Å². The van der Waals surface area contributed by atoms with E-state index in [-0.39, 0.29) is 0 Å². The number of rotatable bonds is 0. The van der Waals surface area contributed by atoms with Gasteiger partial charge in [-0.2, -0.15) is 0 Å². The van der Waals surface area contributed by atoms with Gasteiger partial charge in [-0.3, -0.25) is 0 Å². The third-order valence-electron chi connectivity index (χ3n) is 1.13. The maximum atomic E-state index is 4.23. The molecule has 0 spiro atoms. The van der Waals surface area contributed by atoms with Crippen LogP contribution in [0, 0.1) is 0 Å². The summed E-state index contributed by atoms with van der Waals surface area (Å²) in [5, 5.41) is 3.43. The molecule has 0 nitrogen and oxygen atoms in total. The number of thiophene rings is 2. The van der Waals surface area contributed by atoms with Gasteiger partial charge in [-0.05, 0) is 17.5 Å². The molecular formula is C6H4S3. The van der Waals surface area contributed by atoms with E-state index in [1.807, 2.05) is 0 Å². The highest BCUT2D eigenvalue weighted by molar-refractivity contribution is 7.83. The van der Waals surface area contributed by atoms with Crippen LogP contribution < -0.4 is 0 Å². The van der Waals surface area contributed by atoms with Crippen molar-refractivity contribution in [3.05, 3.63) is 17.5 Å². The Bertz CT molecular complexity index is 289. The number of hydrogen-bond donors (Lipinski definition) is 1. The van der Waals surface area contributed by atoms with Gasteiger partial charge in [0.15, 0.2) is 0 Å². The van der Waals surface area contributed by atoms with Crippen molar-refractivity contribution >= 4 is 44.7 Å². The Balaban J connectivity index is 2.92. The fourth-order valence-electron chi connectivity index (χ4n) is 0.753. The van der Waals surface area contributed by atoms with E-state index in [0.29, 0.717) is 0 Å². The normalized spacial score (nSPS) is 10.8. The van der Waals surface area contributed by atoms with Crippen molar-refractivity contribution in [2.75, 3.05) is 0 Å². The predicted molar refractivity (Wildman–Crippen MR) is 47.0 cm³/mol. The van der Waals surface area contributed by atoms with Crippen LogP contribution in [-0.2, 0) is 0 Å². The molecule has 0 unspecified atom stereocenters. The smallest absolute Gasteiger partial charge is 0.0876 e. The minimum absolute atomic E-state index is 1.11. The molecule has 9 heavy (non-hydrogen) atoms. The molecule has 46 valence electrons. The largest absolute Gasteiger partial charge is 0.133 e. The molecule has 2 aromatic rings. The standard InChI is InChI=1S/C6H4S3/c7-5-3-4-1-2-8-6(4)9-5/h1-3,7H. The molecular weight excluding hydrogens is 168 g/mol. The summed E-state index contributed by atoms with van der Waals surface area (Å²) in [6.45, 7) is 0. The van der Waals surface area contributed by atoms with Gasteiger partial charge in [0.05, 0.1) is 8.22 Å². The van der Waals surface area contributed by atoms with E-state index in [9.17, 15) is 0 Å². The summed E-state index contributed by atoms with van der Waals surface area (Å²) < 4.78 is 2.48. The summed E-state index contributed by atoms with van der Waals surface area (Å²) in [4.78, 5) is 0. The third kappa shape index (κ3) is 0.892. The lowest BCUT2D eigenvalue weighted by Gasteiger charge is -1.68. The van der Waals surface area contributed by atoms with Gasteiger partial charge in [0.2, 0.25) is 0 Å². The quantitative estimate of drug-likeness (QED) is 0.579. The molecule has 0 amide bonds. The Morgan fingerprint density at radius 2 is 2.33 bits per heavy atom. The molecule has 2 aromatic heterocycles. The lowest BCUT2D eigenvalue weighted by atomic mass is 10.4. The Labute approximate surface area is 66.5 Å². The first-order valence-electron chi connectivity index (χ1n) is 2.52. The van der Waals surface area contributed by atoms with E-state index in [1.54, 1.807) is 22.7 Å². The second-order valence-electron chi connectivity index (χ2n) is 1.75. The lowest BCUT2D eigenvalue weighted by Crippen LogP contribution is -1.40. The zero-order valence-corrected chi connectivity index (χ0v) is 7.02. The maximum absolute atomic E-state index is 4.23. The van der Waals surface area contributed by atoms with Crippen molar-refractivity contribution in [2.45, 2.75) is 4.21 Å². The Kier molecular flexibility index (Phi) is 1.29. The third-order valence-corrected chi connectivity index (χ3v) is 3.55. The molecule has 0 aliphatic heterocycles. The molecule has 0 aromatic carbocycles. The number of hydrogen-bond acceptors (Lipinski definition) is 3. The summed E-state index contributed by atoms with van der Waals surface area (Å²) in [6, 6.07) is 4.22. The highest BCUT2D eigenvalue weighted by Crippen LogP contribution is 2.31. The van der Waals surface area contributed by atoms with Crippen LogP contribution in [0.3, 0.4) is 0 Å². The van der Waals surface area contributed by atoms with Gasteiger partial charge in [0, 0.05) is 5.39 Å².